The van der Waals surface area contributed by atoms with E-state index in [9.17, 15) is 9.59 Å². The van der Waals surface area contributed by atoms with E-state index in [0.29, 0.717) is 21.5 Å². The Morgan fingerprint density at radius 1 is 1.35 bits per heavy atom. The van der Waals surface area contributed by atoms with Crippen molar-refractivity contribution >= 4 is 51.3 Å². The van der Waals surface area contributed by atoms with Crippen molar-refractivity contribution in [3.8, 4) is 0 Å². The van der Waals surface area contributed by atoms with Crippen LogP contribution in [0.1, 0.15) is 17.4 Å². The van der Waals surface area contributed by atoms with Crippen LogP contribution < -0.4 is 16.4 Å². The van der Waals surface area contributed by atoms with Crippen LogP contribution in [0.15, 0.2) is 23.6 Å². The van der Waals surface area contributed by atoms with Gasteiger partial charge in [0.15, 0.2) is 5.13 Å². The van der Waals surface area contributed by atoms with E-state index in [4.69, 9.17) is 17.3 Å². The minimum Gasteiger partial charge on any atom is -0.375 e. The minimum atomic E-state index is -0.374. The molecular weight excluding hydrogens is 300 g/mol. The first-order valence-electron chi connectivity index (χ1n) is 5.55. The van der Waals surface area contributed by atoms with E-state index in [0.717, 1.165) is 0 Å². The van der Waals surface area contributed by atoms with Gasteiger partial charge in [-0.05, 0) is 18.2 Å². The molecule has 8 heteroatoms. The average molecular weight is 311 g/mol. The monoisotopic (exact) mass is 310 g/mol. The quantitative estimate of drug-likeness (QED) is 0.811. The summed E-state index contributed by atoms with van der Waals surface area (Å²) in [4.78, 5) is 26.7. The van der Waals surface area contributed by atoms with E-state index in [1.807, 2.05) is 0 Å². The lowest BCUT2D eigenvalue weighted by Gasteiger charge is -2.08. The Bertz CT molecular complexity index is 671. The third-order valence-corrected chi connectivity index (χ3v) is 3.28. The van der Waals surface area contributed by atoms with Crippen molar-refractivity contribution < 1.29 is 9.59 Å². The molecule has 20 heavy (non-hydrogen) atoms. The fourth-order valence-electron chi connectivity index (χ4n) is 1.47. The van der Waals surface area contributed by atoms with Crippen LogP contribution in [0.4, 0.5) is 16.5 Å². The van der Waals surface area contributed by atoms with Crippen molar-refractivity contribution in [2.75, 3.05) is 16.4 Å². The lowest BCUT2D eigenvalue weighted by Crippen LogP contribution is -2.13. The van der Waals surface area contributed by atoms with Gasteiger partial charge in [-0.1, -0.05) is 11.6 Å². The number of nitrogen functional groups attached to an aromatic ring is 1. The molecule has 2 amide bonds. The highest BCUT2D eigenvalue weighted by atomic mass is 35.5. The van der Waals surface area contributed by atoms with Gasteiger partial charge in [0.2, 0.25) is 5.91 Å². The topological polar surface area (TPSA) is 97.1 Å². The Kier molecular flexibility index (Phi) is 4.21. The number of benzene rings is 1. The van der Waals surface area contributed by atoms with Crippen molar-refractivity contribution in [2.45, 2.75) is 6.92 Å². The van der Waals surface area contributed by atoms with Crippen LogP contribution in [0.2, 0.25) is 5.02 Å². The molecule has 0 atom stereocenters. The smallest absolute Gasteiger partial charge is 0.275 e. The summed E-state index contributed by atoms with van der Waals surface area (Å²) in [5.74, 6) is -0.595. The number of carbonyl (C=O) groups is 2. The molecule has 104 valence electrons. The zero-order valence-electron chi connectivity index (χ0n) is 10.4. The first-order valence-corrected chi connectivity index (χ1v) is 6.81. The SMILES string of the molecule is CC(=O)Nc1ccc(NC(=O)c2csc(N)n2)cc1Cl. The van der Waals surface area contributed by atoms with E-state index in [-0.39, 0.29) is 17.5 Å². The Balaban J connectivity index is 2.12. The Labute approximate surface area is 124 Å². The molecule has 0 aliphatic carbocycles. The number of halogens is 1. The van der Waals surface area contributed by atoms with E-state index in [1.165, 1.54) is 18.3 Å². The molecule has 0 aliphatic heterocycles. The summed E-state index contributed by atoms with van der Waals surface area (Å²) in [5.41, 5.74) is 6.69. The fourth-order valence-corrected chi connectivity index (χ4v) is 2.24. The molecule has 1 heterocycles. The third kappa shape index (κ3) is 3.46. The van der Waals surface area contributed by atoms with Crippen molar-refractivity contribution in [3.05, 3.63) is 34.3 Å². The fraction of sp³-hybridized carbons (Fsp3) is 0.0833. The van der Waals surface area contributed by atoms with Crippen LogP contribution in [0.3, 0.4) is 0 Å². The number of hydrogen-bond donors (Lipinski definition) is 3. The van der Waals surface area contributed by atoms with Gasteiger partial charge in [-0.15, -0.1) is 11.3 Å². The number of amides is 2. The van der Waals surface area contributed by atoms with Gasteiger partial charge in [0.1, 0.15) is 5.69 Å². The molecular formula is C12H11ClN4O2S. The van der Waals surface area contributed by atoms with Crippen LogP contribution in [-0.2, 0) is 4.79 Å². The number of nitrogens with one attached hydrogen (secondary N) is 2. The Morgan fingerprint density at radius 2 is 2.10 bits per heavy atom. The maximum absolute atomic E-state index is 11.9. The molecule has 0 saturated carbocycles. The molecule has 0 spiro atoms. The number of thiazole rings is 1. The predicted molar refractivity (Wildman–Crippen MR) is 80.2 cm³/mol. The largest absolute Gasteiger partial charge is 0.375 e. The summed E-state index contributed by atoms with van der Waals surface area (Å²) in [5, 5.41) is 7.45. The highest BCUT2D eigenvalue weighted by molar-refractivity contribution is 7.13. The number of hydrogen-bond acceptors (Lipinski definition) is 5. The maximum Gasteiger partial charge on any atom is 0.275 e. The summed E-state index contributed by atoms with van der Waals surface area (Å²) in [6.45, 7) is 1.39. The van der Waals surface area contributed by atoms with E-state index >= 15 is 0 Å². The summed E-state index contributed by atoms with van der Waals surface area (Å²) < 4.78 is 0. The van der Waals surface area contributed by atoms with Gasteiger partial charge in [0.25, 0.3) is 5.91 Å². The number of aromatic nitrogens is 1. The summed E-state index contributed by atoms with van der Waals surface area (Å²) in [6.07, 6.45) is 0. The van der Waals surface area contributed by atoms with Gasteiger partial charge in [-0.25, -0.2) is 4.98 Å². The molecule has 0 fully saturated rings. The molecule has 2 aromatic rings. The molecule has 0 radical (unpaired) electrons. The molecule has 6 nitrogen and oxygen atoms in total. The summed E-state index contributed by atoms with van der Waals surface area (Å²) in [6, 6.07) is 4.78. The molecule has 0 saturated heterocycles. The second-order valence-electron chi connectivity index (χ2n) is 3.90. The molecule has 1 aromatic carbocycles. The number of nitrogens with two attached hydrogens (primary N) is 1. The number of anilines is 3. The Hall–Kier alpha value is -2.12. The highest BCUT2D eigenvalue weighted by Gasteiger charge is 2.11. The minimum absolute atomic E-state index is 0.221. The predicted octanol–water partition coefficient (Wildman–Crippen LogP) is 2.59. The van der Waals surface area contributed by atoms with Gasteiger partial charge in [0.05, 0.1) is 10.7 Å². The first-order chi connectivity index (χ1) is 9.45. The van der Waals surface area contributed by atoms with Gasteiger partial charge in [-0.2, -0.15) is 0 Å². The van der Waals surface area contributed by atoms with Crippen LogP contribution in [0.5, 0.6) is 0 Å². The van der Waals surface area contributed by atoms with E-state index in [2.05, 4.69) is 15.6 Å². The van der Waals surface area contributed by atoms with Crippen molar-refractivity contribution in [1.82, 2.24) is 4.98 Å². The highest BCUT2D eigenvalue weighted by Crippen LogP contribution is 2.26. The average Bonchev–Trinajstić information content (AvgIpc) is 2.79. The Morgan fingerprint density at radius 3 is 2.65 bits per heavy atom. The van der Waals surface area contributed by atoms with Crippen molar-refractivity contribution in [3.63, 3.8) is 0 Å². The van der Waals surface area contributed by atoms with Gasteiger partial charge < -0.3 is 16.4 Å². The summed E-state index contributed by atoms with van der Waals surface area (Å²) in [7, 11) is 0. The second-order valence-corrected chi connectivity index (χ2v) is 5.20. The standard InChI is InChI=1S/C12H11ClN4O2S/c1-6(18)15-9-3-2-7(4-8(9)13)16-11(19)10-5-20-12(14)17-10/h2-5H,1H3,(H2,14,17)(H,15,18)(H,16,19). The van der Waals surface area contributed by atoms with Crippen LogP contribution in [0.25, 0.3) is 0 Å². The second kappa shape index (κ2) is 5.89. The van der Waals surface area contributed by atoms with Crippen molar-refractivity contribution in [1.29, 1.82) is 0 Å². The number of rotatable bonds is 3. The van der Waals surface area contributed by atoms with Crippen molar-refractivity contribution in [2.24, 2.45) is 0 Å². The van der Waals surface area contributed by atoms with Gasteiger partial charge in [-0.3, -0.25) is 9.59 Å². The van der Waals surface area contributed by atoms with E-state index < -0.39 is 0 Å². The third-order valence-electron chi connectivity index (χ3n) is 2.29. The molecule has 1 aromatic heterocycles. The van der Waals surface area contributed by atoms with Gasteiger partial charge >= 0.3 is 0 Å². The zero-order chi connectivity index (χ0) is 14.7. The normalized spacial score (nSPS) is 10.1. The van der Waals surface area contributed by atoms with Crippen LogP contribution in [-0.4, -0.2) is 16.8 Å². The maximum atomic E-state index is 11.9. The zero-order valence-corrected chi connectivity index (χ0v) is 12.0. The van der Waals surface area contributed by atoms with Crippen LogP contribution in [0, 0.1) is 0 Å². The lowest BCUT2D eigenvalue weighted by molar-refractivity contribution is -0.114. The number of nitrogens with zero attached hydrogens (tertiary/aromatic N) is 1. The molecule has 2 rings (SSSR count). The summed E-state index contributed by atoms with van der Waals surface area (Å²) >= 11 is 7.20. The number of carbonyl (C=O) groups excluding carboxylic acids is 2. The molecule has 0 unspecified atom stereocenters. The molecule has 0 bridgehead atoms. The molecule has 0 aliphatic rings. The van der Waals surface area contributed by atoms with Gasteiger partial charge in [0, 0.05) is 18.0 Å². The lowest BCUT2D eigenvalue weighted by atomic mass is 10.2. The van der Waals surface area contributed by atoms with Crippen LogP contribution >= 0.6 is 22.9 Å². The molecule has 4 N–H and O–H groups in total. The first kappa shape index (κ1) is 14.3. The van der Waals surface area contributed by atoms with E-state index in [1.54, 1.807) is 23.6 Å².